The standard InChI is InChI=1S/C70H52N2/c1-69(2)61-27-15-13-25-59(61)67-57-23-11-9-21-55(57)65(43-63(67)69)71(53-39-33-45-17-5-7-19-49(45)41-53)51-35-29-47(30-36-51)48-31-37-52(38-32-48)72(54-40-34-46-18-6-8-20-50(46)42-54)66-44-64-68(58-24-12-10-22-56(58)66)60-26-14-16-28-62(60)70(64,3)4/h5-44H,1-4H3. The van der Waals surface area contributed by atoms with Gasteiger partial charge < -0.3 is 9.80 Å². The molecule has 12 aromatic carbocycles. The molecular weight excluding hydrogens is 869 g/mol. The van der Waals surface area contributed by atoms with Crippen LogP contribution < -0.4 is 9.80 Å². The molecule has 0 radical (unpaired) electrons. The van der Waals surface area contributed by atoms with Gasteiger partial charge in [0, 0.05) is 44.4 Å². The highest BCUT2D eigenvalue weighted by molar-refractivity contribution is 6.12. The Morgan fingerprint density at radius 3 is 1.01 bits per heavy atom. The van der Waals surface area contributed by atoms with Gasteiger partial charge in [0.05, 0.1) is 11.4 Å². The lowest BCUT2D eigenvalue weighted by Gasteiger charge is -2.30. The molecule has 72 heavy (non-hydrogen) atoms. The second-order valence-corrected chi connectivity index (χ2v) is 20.9. The van der Waals surface area contributed by atoms with Crippen molar-refractivity contribution < 1.29 is 0 Å². The van der Waals surface area contributed by atoms with Crippen LogP contribution in [0, 0.1) is 0 Å². The first-order chi connectivity index (χ1) is 35.2. The van der Waals surface area contributed by atoms with Gasteiger partial charge in [-0.1, -0.05) is 210 Å². The van der Waals surface area contributed by atoms with Gasteiger partial charge in [0.25, 0.3) is 0 Å². The summed E-state index contributed by atoms with van der Waals surface area (Å²) in [6.07, 6.45) is 0. The van der Waals surface area contributed by atoms with Gasteiger partial charge in [-0.2, -0.15) is 0 Å². The SMILES string of the molecule is CC1(C)c2ccccc2-c2c1cc(N(c1ccc(-c3ccc(N(c4ccc5ccccc5c4)c4cc5c(c6ccccc46)-c4ccccc4C5(C)C)cc3)cc1)c1ccc3ccccc3c1)c1ccccc21. The number of rotatable bonds is 7. The largest absolute Gasteiger partial charge is 0.310 e. The summed E-state index contributed by atoms with van der Waals surface area (Å²) in [6.45, 7) is 9.52. The number of hydrogen-bond acceptors (Lipinski definition) is 2. The molecule has 12 aromatic rings. The van der Waals surface area contributed by atoms with E-state index in [4.69, 9.17) is 0 Å². The maximum atomic E-state index is 2.48. The predicted octanol–water partition coefficient (Wildman–Crippen LogP) is 19.5. The van der Waals surface area contributed by atoms with E-state index in [1.807, 2.05) is 0 Å². The van der Waals surface area contributed by atoms with Crippen LogP contribution in [0.2, 0.25) is 0 Å². The molecule has 0 heterocycles. The van der Waals surface area contributed by atoms with Gasteiger partial charge >= 0.3 is 0 Å². The molecule has 342 valence electrons. The van der Waals surface area contributed by atoms with Crippen LogP contribution in [0.15, 0.2) is 243 Å². The molecule has 0 spiro atoms. The van der Waals surface area contributed by atoms with E-state index in [-0.39, 0.29) is 10.8 Å². The molecule has 0 aliphatic heterocycles. The van der Waals surface area contributed by atoms with Crippen molar-refractivity contribution in [2.75, 3.05) is 9.80 Å². The summed E-state index contributed by atoms with van der Waals surface area (Å²) in [5.41, 5.74) is 19.7. The van der Waals surface area contributed by atoms with E-state index in [9.17, 15) is 0 Å². The molecule has 2 nitrogen and oxygen atoms in total. The van der Waals surface area contributed by atoms with Crippen LogP contribution in [-0.2, 0) is 10.8 Å². The normalized spacial score (nSPS) is 13.8. The van der Waals surface area contributed by atoms with E-state index < -0.39 is 0 Å². The number of hydrogen-bond donors (Lipinski definition) is 0. The number of anilines is 6. The molecule has 0 fully saturated rings. The van der Waals surface area contributed by atoms with E-state index in [1.54, 1.807) is 0 Å². The lowest BCUT2D eigenvalue weighted by molar-refractivity contribution is 0.661. The zero-order valence-electron chi connectivity index (χ0n) is 41.0. The quantitative estimate of drug-likeness (QED) is 0.157. The third kappa shape index (κ3) is 6.35. The van der Waals surface area contributed by atoms with Crippen molar-refractivity contribution in [3.8, 4) is 33.4 Å². The van der Waals surface area contributed by atoms with Crippen molar-refractivity contribution in [3.05, 3.63) is 265 Å². The smallest absolute Gasteiger partial charge is 0.0543 e. The van der Waals surface area contributed by atoms with Gasteiger partial charge in [0.2, 0.25) is 0 Å². The van der Waals surface area contributed by atoms with Crippen LogP contribution >= 0.6 is 0 Å². The minimum atomic E-state index is -0.157. The van der Waals surface area contributed by atoms with Crippen molar-refractivity contribution in [1.82, 2.24) is 0 Å². The molecule has 0 saturated heterocycles. The average molecular weight is 921 g/mol. The molecular formula is C70H52N2. The molecule has 0 saturated carbocycles. The van der Waals surface area contributed by atoms with Crippen LogP contribution in [0.5, 0.6) is 0 Å². The fourth-order valence-corrected chi connectivity index (χ4v) is 12.5. The Hall–Kier alpha value is -8.72. The van der Waals surface area contributed by atoms with Gasteiger partial charge in [-0.05, 0) is 149 Å². The van der Waals surface area contributed by atoms with Crippen molar-refractivity contribution in [2.24, 2.45) is 0 Å². The highest BCUT2D eigenvalue weighted by Crippen LogP contribution is 2.56. The summed E-state index contributed by atoms with van der Waals surface area (Å²) < 4.78 is 0. The Morgan fingerprint density at radius 2 is 0.597 bits per heavy atom. The summed E-state index contributed by atoms with van der Waals surface area (Å²) in [5.74, 6) is 0. The molecule has 0 aromatic heterocycles. The van der Waals surface area contributed by atoms with E-state index in [1.165, 1.54) is 110 Å². The van der Waals surface area contributed by atoms with Crippen molar-refractivity contribution in [2.45, 2.75) is 38.5 Å². The first-order valence-electron chi connectivity index (χ1n) is 25.3. The molecule has 0 N–H and O–H groups in total. The zero-order chi connectivity index (χ0) is 48.3. The third-order valence-corrected chi connectivity index (χ3v) is 16.2. The summed E-state index contributed by atoms with van der Waals surface area (Å²) in [7, 11) is 0. The van der Waals surface area contributed by atoms with Gasteiger partial charge in [0.15, 0.2) is 0 Å². The fourth-order valence-electron chi connectivity index (χ4n) is 12.5. The molecule has 0 amide bonds. The Balaban J connectivity index is 0.895. The monoisotopic (exact) mass is 920 g/mol. The topological polar surface area (TPSA) is 6.48 Å². The van der Waals surface area contributed by atoms with Crippen LogP contribution in [0.1, 0.15) is 49.9 Å². The minimum absolute atomic E-state index is 0.157. The predicted molar refractivity (Wildman–Crippen MR) is 306 cm³/mol. The van der Waals surface area contributed by atoms with E-state index >= 15 is 0 Å². The molecule has 2 heteroatoms. The summed E-state index contributed by atoms with van der Waals surface area (Å²) >= 11 is 0. The van der Waals surface area contributed by atoms with Crippen molar-refractivity contribution in [3.63, 3.8) is 0 Å². The molecule has 0 bridgehead atoms. The van der Waals surface area contributed by atoms with Gasteiger partial charge in [-0.25, -0.2) is 0 Å². The van der Waals surface area contributed by atoms with Crippen molar-refractivity contribution in [1.29, 1.82) is 0 Å². The molecule has 2 aliphatic carbocycles. The second-order valence-electron chi connectivity index (χ2n) is 20.9. The molecule has 14 rings (SSSR count). The zero-order valence-corrected chi connectivity index (χ0v) is 41.0. The molecule has 2 aliphatic rings. The van der Waals surface area contributed by atoms with E-state index in [2.05, 4.69) is 280 Å². The van der Waals surface area contributed by atoms with Gasteiger partial charge in [-0.3, -0.25) is 0 Å². The number of benzene rings is 12. The second kappa shape index (κ2) is 15.9. The lowest BCUT2D eigenvalue weighted by Crippen LogP contribution is -2.17. The summed E-state index contributed by atoms with van der Waals surface area (Å²) in [4.78, 5) is 4.95. The minimum Gasteiger partial charge on any atom is -0.310 e. The third-order valence-electron chi connectivity index (χ3n) is 16.2. The number of fused-ring (bicyclic) bond motifs is 12. The van der Waals surface area contributed by atoms with Crippen LogP contribution in [0.4, 0.5) is 34.1 Å². The summed E-state index contributed by atoms with van der Waals surface area (Å²) in [6, 6.07) is 90.4. The Morgan fingerprint density at radius 1 is 0.264 bits per heavy atom. The first kappa shape index (κ1) is 42.2. The van der Waals surface area contributed by atoms with E-state index in [0.29, 0.717) is 0 Å². The first-order valence-corrected chi connectivity index (χ1v) is 25.3. The van der Waals surface area contributed by atoms with Crippen LogP contribution in [0.3, 0.4) is 0 Å². The maximum Gasteiger partial charge on any atom is 0.0543 e. The van der Waals surface area contributed by atoms with E-state index in [0.717, 1.165) is 22.7 Å². The Bertz CT molecular complexity index is 3890. The lowest BCUT2D eigenvalue weighted by atomic mass is 9.81. The summed E-state index contributed by atoms with van der Waals surface area (Å²) in [5, 5.41) is 9.92. The average Bonchev–Trinajstić information content (AvgIpc) is 3.80. The molecule has 0 atom stereocenters. The molecule has 0 unspecified atom stereocenters. The van der Waals surface area contributed by atoms with Gasteiger partial charge in [-0.15, -0.1) is 0 Å². The highest BCUT2D eigenvalue weighted by atomic mass is 15.1. The Labute approximate surface area is 421 Å². The van der Waals surface area contributed by atoms with Crippen LogP contribution in [0.25, 0.3) is 76.5 Å². The van der Waals surface area contributed by atoms with Crippen LogP contribution in [-0.4, -0.2) is 0 Å². The Kier molecular flexibility index (Phi) is 9.32. The van der Waals surface area contributed by atoms with Gasteiger partial charge in [0.1, 0.15) is 0 Å². The number of nitrogens with zero attached hydrogens (tertiary/aromatic N) is 2. The van der Waals surface area contributed by atoms with Crippen molar-refractivity contribution >= 4 is 77.2 Å². The fraction of sp³-hybridized carbons (Fsp3) is 0.0857. The highest BCUT2D eigenvalue weighted by Gasteiger charge is 2.39. The maximum absolute atomic E-state index is 2.48.